The highest BCUT2D eigenvalue weighted by molar-refractivity contribution is 6.03. The maximum Gasteiger partial charge on any atom is 0.231 e. The number of carbonyl (C=O) groups is 1. The fourth-order valence-electron chi connectivity index (χ4n) is 3.49. The highest BCUT2D eigenvalue weighted by Gasteiger charge is 2.32. The van der Waals surface area contributed by atoms with Crippen LogP contribution in [0.1, 0.15) is 17.5 Å². The number of carbonyl (C=O) groups excluding carboxylic acids is 1. The van der Waals surface area contributed by atoms with Crippen molar-refractivity contribution in [2.75, 3.05) is 18.6 Å². The third kappa shape index (κ3) is 1.90. The topological polar surface area (TPSA) is 29.5 Å². The zero-order chi connectivity index (χ0) is 15.3. The number of aryl methyl sites for hydroxylation is 1. The van der Waals surface area contributed by atoms with Gasteiger partial charge in [-0.3, -0.25) is 4.79 Å². The molecule has 0 atom stereocenters. The minimum Gasteiger partial charge on any atom is -0.497 e. The molecular weight excluding hydrogens is 281 g/mol. The zero-order valence-electron chi connectivity index (χ0n) is 12.4. The summed E-state index contributed by atoms with van der Waals surface area (Å²) in [7, 11) is 1.52. The van der Waals surface area contributed by atoms with Crippen LogP contribution in [0, 0.1) is 5.82 Å². The van der Waals surface area contributed by atoms with Gasteiger partial charge < -0.3 is 9.64 Å². The Labute approximate surface area is 128 Å². The lowest BCUT2D eigenvalue weighted by Gasteiger charge is -2.26. The van der Waals surface area contributed by atoms with E-state index in [4.69, 9.17) is 4.74 Å². The molecule has 0 N–H and O–H groups in total. The molecule has 0 radical (unpaired) electrons. The molecule has 2 aromatic rings. The zero-order valence-corrected chi connectivity index (χ0v) is 12.4. The average molecular weight is 297 g/mol. The van der Waals surface area contributed by atoms with Gasteiger partial charge in [0.2, 0.25) is 5.91 Å². The number of rotatable bonds is 2. The van der Waals surface area contributed by atoms with E-state index in [1.54, 1.807) is 12.1 Å². The quantitative estimate of drug-likeness (QED) is 0.851. The molecule has 2 aromatic carbocycles. The lowest BCUT2D eigenvalue weighted by Crippen LogP contribution is -2.31. The van der Waals surface area contributed by atoms with Crippen molar-refractivity contribution in [3.8, 4) is 16.9 Å². The maximum absolute atomic E-state index is 14.3. The fraction of sp³-hybridized carbons (Fsp3) is 0.278. The van der Waals surface area contributed by atoms with Crippen LogP contribution in [-0.4, -0.2) is 19.6 Å². The largest absolute Gasteiger partial charge is 0.497 e. The third-order valence-corrected chi connectivity index (χ3v) is 4.50. The molecule has 0 unspecified atom stereocenters. The summed E-state index contributed by atoms with van der Waals surface area (Å²) in [5.41, 5.74) is 4.63. The van der Waals surface area contributed by atoms with Crippen molar-refractivity contribution in [3.05, 3.63) is 47.3 Å². The Hall–Kier alpha value is -2.36. The van der Waals surface area contributed by atoms with Crippen LogP contribution < -0.4 is 9.64 Å². The number of benzene rings is 2. The van der Waals surface area contributed by atoms with Gasteiger partial charge in [0.25, 0.3) is 0 Å². The van der Waals surface area contributed by atoms with E-state index in [0.29, 0.717) is 17.7 Å². The van der Waals surface area contributed by atoms with Gasteiger partial charge in [0, 0.05) is 18.2 Å². The van der Waals surface area contributed by atoms with E-state index in [0.717, 1.165) is 41.8 Å². The molecule has 3 nitrogen and oxygen atoms in total. The summed E-state index contributed by atoms with van der Waals surface area (Å²) in [5.74, 6) is 0.358. The molecule has 22 heavy (non-hydrogen) atoms. The molecular formula is C18H16FNO2. The Morgan fingerprint density at radius 2 is 2.00 bits per heavy atom. The second-order valence-corrected chi connectivity index (χ2v) is 5.81. The van der Waals surface area contributed by atoms with Crippen molar-refractivity contribution in [2.24, 2.45) is 0 Å². The molecule has 4 heteroatoms. The summed E-state index contributed by atoms with van der Waals surface area (Å²) in [6.07, 6.45) is 2.33. The normalized spacial score (nSPS) is 15.9. The Morgan fingerprint density at radius 1 is 1.18 bits per heavy atom. The van der Waals surface area contributed by atoms with E-state index < -0.39 is 0 Å². The summed E-state index contributed by atoms with van der Waals surface area (Å²) in [5, 5.41) is 0. The van der Waals surface area contributed by atoms with Gasteiger partial charge in [-0.2, -0.15) is 0 Å². The first-order chi connectivity index (χ1) is 10.7. The van der Waals surface area contributed by atoms with Gasteiger partial charge in [-0.1, -0.05) is 0 Å². The van der Waals surface area contributed by atoms with Gasteiger partial charge in [0.1, 0.15) is 11.6 Å². The Balaban J connectivity index is 1.85. The van der Waals surface area contributed by atoms with Crippen LogP contribution in [0.15, 0.2) is 30.3 Å². The summed E-state index contributed by atoms with van der Waals surface area (Å²) in [6, 6.07) is 8.86. The second-order valence-electron chi connectivity index (χ2n) is 5.81. The monoisotopic (exact) mass is 297 g/mol. The SMILES string of the molecule is COc1ccc(-c2cc3c4c(c2)CC(=O)N4CCC3)c(F)c1. The minimum absolute atomic E-state index is 0.156. The summed E-state index contributed by atoms with van der Waals surface area (Å²) >= 11 is 0. The van der Waals surface area contributed by atoms with Crippen LogP contribution in [-0.2, 0) is 17.6 Å². The van der Waals surface area contributed by atoms with Crippen LogP contribution in [0.2, 0.25) is 0 Å². The van der Waals surface area contributed by atoms with Gasteiger partial charge in [0.15, 0.2) is 0 Å². The van der Waals surface area contributed by atoms with Gasteiger partial charge in [0.05, 0.1) is 19.2 Å². The summed E-state index contributed by atoms with van der Waals surface area (Å²) in [4.78, 5) is 14.0. The molecule has 2 aliphatic rings. The average Bonchev–Trinajstić information content (AvgIpc) is 2.85. The molecule has 0 aliphatic carbocycles. The first-order valence-electron chi connectivity index (χ1n) is 7.47. The van der Waals surface area contributed by atoms with Gasteiger partial charge in [-0.25, -0.2) is 4.39 Å². The molecule has 0 aromatic heterocycles. The van der Waals surface area contributed by atoms with Crippen molar-refractivity contribution in [1.82, 2.24) is 0 Å². The predicted octanol–water partition coefficient (Wildman–Crippen LogP) is 3.34. The Morgan fingerprint density at radius 3 is 2.77 bits per heavy atom. The number of methoxy groups -OCH3 is 1. The van der Waals surface area contributed by atoms with E-state index in [9.17, 15) is 9.18 Å². The molecule has 0 spiro atoms. The molecule has 4 rings (SSSR count). The molecule has 0 saturated heterocycles. The third-order valence-electron chi connectivity index (χ3n) is 4.50. The van der Waals surface area contributed by atoms with Crippen LogP contribution >= 0.6 is 0 Å². The molecule has 0 saturated carbocycles. The number of nitrogens with zero attached hydrogens (tertiary/aromatic N) is 1. The molecule has 1 amide bonds. The first kappa shape index (κ1) is 13.3. The highest BCUT2D eigenvalue weighted by atomic mass is 19.1. The predicted molar refractivity (Wildman–Crippen MR) is 82.8 cm³/mol. The van der Waals surface area contributed by atoms with Crippen LogP contribution in [0.3, 0.4) is 0 Å². The second kappa shape index (κ2) is 4.83. The molecule has 0 fully saturated rings. The number of ether oxygens (including phenoxy) is 1. The standard InChI is InChI=1S/C18H16FNO2/c1-22-14-4-5-15(16(19)10-14)12-7-11-3-2-6-20-17(21)9-13(8-12)18(11)20/h4-5,7-8,10H,2-3,6,9H2,1H3. The van der Waals surface area contributed by atoms with Crippen molar-refractivity contribution >= 4 is 11.6 Å². The van der Waals surface area contributed by atoms with E-state index in [1.807, 2.05) is 17.0 Å². The summed E-state index contributed by atoms with van der Waals surface area (Å²) in [6.45, 7) is 0.801. The smallest absolute Gasteiger partial charge is 0.231 e. The first-order valence-corrected chi connectivity index (χ1v) is 7.47. The fourth-order valence-corrected chi connectivity index (χ4v) is 3.49. The van der Waals surface area contributed by atoms with Gasteiger partial charge in [-0.15, -0.1) is 0 Å². The minimum atomic E-state index is -0.302. The van der Waals surface area contributed by atoms with Crippen molar-refractivity contribution in [2.45, 2.75) is 19.3 Å². The molecule has 0 bridgehead atoms. The van der Waals surface area contributed by atoms with Crippen molar-refractivity contribution in [1.29, 1.82) is 0 Å². The van der Waals surface area contributed by atoms with Crippen LogP contribution in [0.5, 0.6) is 5.75 Å². The lowest BCUT2D eigenvalue weighted by molar-refractivity contribution is -0.117. The van der Waals surface area contributed by atoms with Gasteiger partial charge >= 0.3 is 0 Å². The number of anilines is 1. The highest BCUT2D eigenvalue weighted by Crippen LogP contribution is 2.40. The van der Waals surface area contributed by atoms with Crippen molar-refractivity contribution in [3.63, 3.8) is 0 Å². The Bertz CT molecular complexity index is 785. The molecule has 112 valence electrons. The number of amides is 1. The lowest BCUT2D eigenvalue weighted by atomic mass is 9.94. The van der Waals surface area contributed by atoms with E-state index in [2.05, 4.69) is 0 Å². The molecule has 2 heterocycles. The van der Waals surface area contributed by atoms with Crippen LogP contribution in [0.4, 0.5) is 10.1 Å². The molecule has 2 aliphatic heterocycles. The number of hydrogen-bond donors (Lipinski definition) is 0. The Kier molecular flexibility index (Phi) is 2.93. The summed E-state index contributed by atoms with van der Waals surface area (Å²) < 4.78 is 19.4. The van der Waals surface area contributed by atoms with E-state index in [-0.39, 0.29) is 11.7 Å². The maximum atomic E-state index is 14.3. The van der Waals surface area contributed by atoms with Crippen LogP contribution in [0.25, 0.3) is 11.1 Å². The van der Waals surface area contributed by atoms with E-state index in [1.165, 1.54) is 13.2 Å². The number of halogens is 1. The van der Waals surface area contributed by atoms with Crippen molar-refractivity contribution < 1.29 is 13.9 Å². The van der Waals surface area contributed by atoms with E-state index >= 15 is 0 Å². The number of hydrogen-bond acceptors (Lipinski definition) is 2. The van der Waals surface area contributed by atoms with Gasteiger partial charge in [-0.05, 0) is 53.8 Å².